The average molecular weight is 168 g/mol. The van der Waals surface area contributed by atoms with Crippen molar-refractivity contribution in [1.29, 1.82) is 0 Å². The molecule has 12 heavy (non-hydrogen) atoms. The summed E-state index contributed by atoms with van der Waals surface area (Å²) in [6.07, 6.45) is 8.49. The van der Waals surface area contributed by atoms with Gasteiger partial charge in [0.1, 0.15) is 0 Å². The van der Waals surface area contributed by atoms with E-state index in [9.17, 15) is 0 Å². The van der Waals surface area contributed by atoms with Gasteiger partial charge in [0.25, 0.3) is 0 Å². The van der Waals surface area contributed by atoms with Crippen LogP contribution in [0.25, 0.3) is 0 Å². The highest BCUT2D eigenvalue weighted by Gasteiger charge is 2.10. The molecule has 0 aliphatic carbocycles. The Morgan fingerprint density at radius 1 is 1.25 bits per heavy atom. The second-order valence-electron chi connectivity index (χ2n) is 4.77. The van der Waals surface area contributed by atoms with Gasteiger partial charge in [-0.25, -0.2) is 0 Å². The summed E-state index contributed by atoms with van der Waals surface area (Å²) in [6.45, 7) is 11.4. The van der Waals surface area contributed by atoms with Crippen LogP contribution >= 0.6 is 0 Å². The van der Waals surface area contributed by atoms with E-state index in [-0.39, 0.29) is 0 Å². The van der Waals surface area contributed by atoms with E-state index in [1.165, 1.54) is 19.3 Å². The van der Waals surface area contributed by atoms with Crippen molar-refractivity contribution < 1.29 is 0 Å². The lowest BCUT2D eigenvalue weighted by Crippen LogP contribution is -2.06. The van der Waals surface area contributed by atoms with E-state index in [4.69, 9.17) is 0 Å². The molecule has 0 aliphatic rings. The molecule has 0 atom stereocenters. The molecule has 0 saturated carbocycles. The fourth-order valence-corrected chi connectivity index (χ4v) is 1.39. The van der Waals surface area contributed by atoms with Gasteiger partial charge in [-0.3, -0.25) is 0 Å². The molecule has 0 aromatic heterocycles. The van der Waals surface area contributed by atoms with Crippen molar-refractivity contribution in [2.24, 2.45) is 11.3 Å². The van der Waals surface area contributed by atoms with Crippen LogP contribution in [0.2, 0.25) is 0 Å². The highest BCUT2D eigenvalue weighted by Crippen LogP contribution is 2.24. The standard InChI is InChI=1S/C12H24/c1-6-9-12(4,5)10-7-8-11(2)3/h7,10-11H,6,8-9H2,1-5H3/b10-7+. The number of hydrogen-bond acceptors (Lipinski definition) is 0. The molecule has 0 saturated heterocycles. The van der Waals surface area contributed by atoms with Gasteiger partial charge in [0.05, 0.1) is 0 Å². The first kappa shape index (κ1) is 11.7. The molecule has 0 unspecified atom stereocenters. The molecule has 0 aromatic rings. The first-order valence-corrected chi connectivity index (χ1v) is 5.15. The maximum absolute atomic E-state index is 2.37. The van der Waals surface area contributed by atoms with Crippen molar-refractivity contribution in [3.05, 3.63) is 12.2 Å². The van der Waals surface area contributed by atoms with Gasteiger partial charge >= 0.3 is 0 Å². The molecule has 0 spiro atoms. The first-order valence-electron chi connectivity index (χ1n) is 5.15. The molecule has 0 heterocycles. The highest BCUT2D eigenvalue weighted by atomic mass is 14.2. The molecule has 0 heteroatoms. The summed E-state index contributed by atoms with van der Waals surface area (Å²) in [5, 5.41) is 0. The Labute approximate surface area is 78.1 Å². The van der Waals surface area contributed by atoms with Gasteiger partial charge in [-0.2, -0.15) is 0 Å². The van der Waals surface area contributed by atoms with Crippen LogP contribution in [0.1, 0.15) is 53.9 Å². The van der Waals surface area contributed by atoms with Crippen LogP contribution in [0.5, 0.6) is 0 Å². The SMILES string of the molecule is CCCC(C)(C)/C=C/CC(C)C. The zero-order chi connectivity index (χ0) is 9.61. The highest BCUT2D eigenvalue weighted by molar-refractivity contribution is 4.94. The summed E-state index contributed by atoms with van der Waals surface area (Å²) in [4.78, 5) is 0. The van der Waals surface area contributed by atoms with Gasteiger partial charge in [-0.1, -0.05) is 53.2 Å². The van der Waals surface area contributed by atoms with Gasteiger partial charge in [-0.15, -0.1) is 0 Å². The third-order valence-corrected chi connectivity index (χ3v) is 2.07. The molecule has 0 rings (SSSR count). The molecule has 0 fully saturated rings. The fraction of sp³-hybridized carbons (Fsp3) is 0.833. The van der Waals surface area contributed by atoms with E-state index in [1.807, 2.05) is 0 Å². The molecular formula is C12H24. The van der Waals surface area contributed by atoms with Crippen molar-refractivity contribution in [3.8, 4) is 0 Å². The normalized spacial score (nSPS) is 13.2. The lowest BCUT2D eigenvalue weighted by Gasteiger charge is -2.18. The zero-order valence-corrected chi connectivity index (χ0v) is 9.35. The van der Waals surface area contributed by atoms with Crippen LogP contribution in [-0.4, -0.2) is 0 Å². The van der Waals surface area contributed by atoms with Crippen LogP contribution in [0.3, 0.4) is 0 Å². The minimum atomic E-state index is 0.406. The van der Waals surface area contributed by atoms with E-state index in [2.05, 4.69) is 46.8 Å². The van der Waals surface area contributed by atoms with Gasteiger partial charge in [0.15, 0.2) is 0 Å². The summed E-state index contributed by atoms with van der Waals surface area (Å²) in [6, 6.07) is 0. The molecule has 0 aliphatic heterocycles. The van der Waals surface area contributed by atoms with Crippen LogP contribution in [0.15, 0.2) is 12.2 Å². The van der Waals surface area contributed by atoms with Crippen LogP contribution < -0.4 is 0 Å². The Balaban J connectivity index is 3.79. The van der Waals surface area contributed by atoms with Crippen molar-refractivity contribution in [2.75, 3.05) is 0 Å². The number of allylic oxidation sites excluding steroid dienone is 2. The minimum Gasteiger partial charge on any atom is -0.0877 e. The Hall–Kier alpha value is -0.260. The minimum absolute atomic E-state index is 0.406. The van der Waals surface area contributed by atoms with E-state index in [0.29, 0.717) is 5.41 Å². The molecule has 0 amide bonds. The van der Waals surface area contributed by atoms with Gasteiger partial charge in [-0.05, 0) is 24.2 Å². The first-order chi connectivity index (χ1) is 5.48. The third kappa shape index (κ3) is 6.45. The van der Waals surface area contributed by atoms with E-state index in [0.717, 1.165) is 5.92 Å². The molecule has 0 N–H and O–H groups in total. The summed E-state index contributed by atoms with van der Waals surface area (Å²) in [5.41, 5.74) is 0.406. The topological polar surface area (TPSA) is 0 Å². The van der Waals surface area contributed by atoms with E-state index >= 15 is 0 Å². The largest absolute Gasteiger partial charge is 0.0877 e. The van der Waals surface area contributed by atoms with Crippen LogP contribution in [-0.2, 0) is 0 Å². The molecule has 0 radical (unpaired) electrons. The van der Waals surface area contributed by atoms with Gasteiger partial charge in [0, 0.05) is 0 Å². The van der Waals surface area contributed by atoms with E-state index < -0.39 is 0 Å². The van der Waals surface area contributed by atoms with Crippen molar-refractivity contribution >= 4 is 0 Å². The summed E-state index contributed by atoms with van der Waals surface area (Å²) < 4.78 is 0. The van der Waals surface area contributed by atoms with Crippen LogP contribution in [0.4, 0.5) is 0 Å². The van der Waals surface area contributed by atoms with Crippen LogP contribution in [0, 0.1) is 11.3 Å². The fourth-order valence-electron chi connectivity index (χ4n) is 1.39. The summed E-state index contributed by atoms with van der Waals surface area (Å²) >= 11 is 0. The Morgan fingerprint density at radius 3 is 2.25 bits per heavy atom. The smallest absolute Gasteiger partial charge is 0.0175 e. The zero-order valence-electron chi connectivity index (χ0n) is 9.35. The lowest BCUT2D eigenvalue weighted by molar-refractivity contribution is 0.429. The molecule has 0 bridgehead atoms. The molecule has 72 valence electrons. The van der Waals surface area contributed by atoms with Gasteiger partial charge < -0.3 is 0 Å². The lowest BCUT2D eigenvalue weighted by atomic mass is 9.87. The third-order valence-electron chi connectivity index (χ3n) is 2.07. The number of hydrogen-bond donors (Lipinski definition) is 0. The molecule has 0 nitrogen and oxygen atoms in total. The number of rotatable bonds is 5. The monoisotopic (exact) mass is 168 g/mol. The predicted molar refractivity (Wildman–Crippen MR) is 57.3 cm³/mol. The molecular weight excluding hydrogens is 144 g/mol. The van der Waals surface area contributed by atoms with Crippen molar-refractivity contribution in [1.82, 2.24) is 0 Å². The summed E-state index contributed by atoms with van der Waals surface area (Å²) in [5.74, 6) is 0.790. The quantitative estimate of drug-likeness (QED) is 0.533. The second-order valence-corrected chi connectivity index (χ2v) is 4.77. The predicted octanol–water partition coefficient (Wildman–Crippen LogP) is 4.42. The average Bonchev–Trinajstić information content (AvgIpc) is 1.85. The summed E-state index contributed by atoms with van der Waals surface area (Å²) in [7, 11) is 0. The Kier molecular flexibility index (Phi) is 5.28. The van der Waals surface area contributed by atoms with Crippen molar-refractivity contribution in [2.45, 2.75) is 53.9 Å². The maximum Gasteiger partial charge on any atom is -0.0175 e. The van der Waals surface area contributed by atoms with Gasteiger partial charge in [0.2, 0.25) is 0 Å². The second kappa shape index (κ2) is 5.40. The van der Waals surface area contributed by atoms with Crippen molar-refractivity contribution in [3.63, 3.8) is 0 Å². The Bertz CT molecular complexity index is 129. The Morgan fingerprint density at radius 2 is 1.83 bits per heavy atom. The van der Waals surface area contributed by atoms with E-state index in [1.54, 1.807) is 0 Å². The molecule has 0 aromatic carbocycles. The maximum atomic E-state index is 2.37.